The van der Waals surface area contributed by atoms with Gasteiger partial charge < -0.3 is 0 Å². The number of hydrogen-bond donors (Lipinski definition) is 0. The molecule has 1 aromatic heterocycles. The van der Waals surface area contributed by atoms with Crippen molar-refractivity contribution in [2.45, 2.75) is 0 Å². The van der Waals surface area contributed by atoms with Gasteiger partial charge in [0.2, 0.25) is 0 Å². The summed E-state index contributed by atoms with van der Waals surface area (Å²) in [4.78, 5) is 4.02. The summed E-state index contributed by atoms with van der Waals surface area (Å²) >= 11 is 19.2. The van der Waals surface area contributed by atoms with Crippen molar-refractivity contribution in [2.24, 2.45) is 0 Å². The van der Waals surface area contributed by atoms with Crippen LogP contribution in [0.5, 0.6) is 0 Å². The quantitative estimate of drug-likeness (QED) is 0.734. The zero-order valence-electron chi connectivity index (χ0n) is 6.72. The van der Waals surface area contributed by atoms with Gasteiger partial charge in [-0.15, -0.1) is 11.3 Å². The van der Waals surface area contributed by atoms with Gasteiger partial charge >= 0.3 is 0 Å². The second-order valence-corrected chi connectivity index (χ2v) is 4.47. The first-order valence-electron chi connectivity index (χ1n) is 3.65. The second-order valence-electron chi connectivity index (χ2n) is 2.57. The van der Waals surface area contributed by atoms with Crippen LogP contribution in [0.2, 0.25) is 15.1 Å². The predicted octanol–water partition coefficient (Wildman–Crippen LogP) is 4.57. The first-order chi connectivity index (χ1) is 6.68. The molecular weight excluding hydrogens is 261 g/mol. The van der Waals surface area contributed by atoms with E-state index in [4.69, 9.17) is 34.8 Å². The zero-order valence-corrected chi connectivity index (χ0v) is 9.81. The third-order valence-electron chi connectivity index (χ3n) is 1.65. The maximum Gasteiger partial charge on any atom is 0.152 e. The average molecular weight is 264 g/mol. The number of hydrogen-bond acceptors (Lipinski definition) is 2. The smallest absolute Gasteiger partial charge is 0.152 e. The maximum atomic E-state index is 6.01. The summed E-state index contributed by atoms with van der Waals surface area (Å²) < 4.78 is 0. The van der Waals surface area contributed by atoms with E-state index >= 15 is 0 Å². The van der Waals surface area contributed by atoms with E-state index in [1.165, 1.54) is 11.3 Å². The molecular formula is C9H3Cl3NS. The molecule has 0 fully saturated rings. The van der Waals surface area contributed by atoms with E-state index in [0.29, 0.717) is 20.6 Å². The van der Waals surface area contributed by atoms with E-state index in [-0.39, 0.29) is 0 Å². The minimum atomic E-state index is 0.502. The molecule has 1 nitrogen and oxygen atoms in total. The molecule has 0 amide bonds. The van der Waals surface area contributed by atoms with Crippen LogP contribution in [0.25, 0.3) is 11.3 Å². The highest BCUT2D eigenvalue weighted by Crippen LogP contribution is 2.36. The van der Waals surface area contributed by atoms with E-state index < -0.39 is 0 Å². The molecule has 0 atom stereocenters. The summed E-state index contributed by atoms with van der Waals surface area (Å²) in [5.74, 6) is 0. The molecule has 1 radical (unpaired) electrons. The second kappa shape index (κ2) is 4.07. The van der Waals surface area contributed by atoms with Gasteiger partial charge in [-0.05, 0) is 12.1 Å². The highest BCUT2D eigenvalue weighted by molar-refractivity contribution is 7.07. The van der Waals surface area contributed by atoms with E-state index in [1.807, 2.05) is 5.38 Å². The molecule has 2 rings (SSSR count). The molecule has 0 bridgehead atoms. The van der Waals surface area contributed by atoms with Crippen LogP contribution in [-0.4, -0.2) is 4.98 Å². The summed E-state index contributed by atoms with van der Waals surface area (Å²) in [6.07, 6.45) is 0. The molecule has 0 N–H and O–H groups in total. The molecule has 0 aliphatic rings. The van der Waals surface area contributed by atoms with E-state index in [0.717, 1.165) is 5.69 Å². The fraction of sp³-hybridized carbons (Fsp3) is 0. The lowest BCUT2D eigenvalue weighted by molar-refractivity contribution is 1.40. The topological polar surface area (TPSA) is 12.9 Å². The Balaban J connectivity index is 2.64. The number of nitrogens with zero attached hydrogens (tertiary/aromatic N) is 1. The number of aromatic nitrogens is 1. The molecule has 0 aliphatic carbocycles. The van der Waals surface area contributed by atoms with Crippen molar-refractivity contribution in [2.75, 3.05) is 0 Å². The number of benzene rings is 1. The first kappa shape index (κ1) is 10.2. The van der Waals surface area contributed by atoms with Crippen LogP contribution in [0.3, 0.4) is 0 Å². The standard InChI is InChI=1S/C9H3Cl3NS/c10-5-1-6(11)9(7(12)2-5)8-3-14-4-13-8/h1-3H. The Morgan fingerprint density at radius 1 is 1.14 bits per heavy atom. The van der Waals surface area contributed by atoms with Gasteiger partial charge in [-0.3, -0.25) is 0 Å². The van der Waals surface area contributed by atoms with Crippen LogP contribution >= 0.6 is 46.1 Å². The summed E-state index contributed by atoms with van der Waals surface area (Å²) in [5.41, 5.74) is 4.17. The lowest BCUT2D eigenvalue weighted by Crippen LogP contribution is -1.81. The molecule has 1 aromatic carbocycles. The normalized spacial score (nSPS) is 10.5. The van der Waals surface area contributed by atoms with Gasteiger partial charge in [-0.2, -0.15) is 0 Å². The van der Waals surface area contributed by atoms with Crippen LogP contribution in [0, 0.1) is 5.51 Å². The molecule has 71 valence electrons. The fourth-order valence-corrected chi connectivity index (χ4v) is 2.58. The van der Waals surface area contributed by atoms with Gasteiger partial charge in [0.1, 0.15) is 0 Å². The SMILES string of the molecule is Clc1cc(Cl)c(-c2cs[c]n2)c(Cl)c1. The molecule has 14 heavy (non-hydrogen) atoms. The monoisotopic (exact) mass is 262 g/mol. The van der Waals surface area contributed by atoms with Crippen LogP contribution in [0.1, 0.15) is 0 Å². The number of thiazole rings is 1. The van der Waals surface area contributed by atoms with Crippen LogP contribution in [-0.2, 0) is 0 Å². The lowest BCUT2D eigenvalue weighted by Gasteiger charge is -2.04. The van der Waals surface area contributed by atoms with E-state index in [1.54, 1.807) is 12.1 Å². The lowest BCUT2D eigenvalue weighted by atomic mass is 10.2. The van der Waals surface area contributed by atoms with Crippen LogP contribution < -0.4 is 0 Å². The molecule has 0 unspecified atom stereocenters. The van der Waals surface area contributed by atoms with Crippen LogP contribution in [0.4, 0.5) is 0 Å². The van der Waals surface area contributed by atoms with Crippen molar-refractivity contribution in [1.82, 2.24) is 4.98 Å². The van der Waals surface area contributed by atoms with E-state index in [9.17, 15) is 0 Å². The highest BCUT2D eigenvalue weighted by Gasteiger charge is 2.11. The Morgan fingerprint density at radius 2 is 1.79 bits per heavy atom. The predicted molar refractivity (Wildman–Crippen MR) is 61.4 cm³/mol. The van der Waals surface area contributed by atoms with Gasteiger partial charge in [0.15, 0.2) is 5.51 Å². The van der Waals surface area contributed by atoms with Crippen molar-refractivity contribution >= 4 is 46.1 Å². The van der Waals surface area contributed by atoms with Crippen molar-refractivity contribution in [3.8, 4) is 11.3 Å². The average Bonchev–Trinajstić information content (AvgIpc) is 2.54. The van der Waals surface area contributed by atoms with Crippen molar-refractivity contribution in [3.05, 3.63) is 38.1 Å². The Morgan fingerprint density at radius 3 is 2.29 bits per heavy atom. The third kappa shape index (κ3) is 1.89. The number of halogens is 3. The minimum Gasteiger partial charge on any atom is -0.233 e. The Kier molecular flexibility index (Phi) is 2.98. The highest BCUT2D eigenvalue weighted by atomic mass is 35.5. The van der Waals surface area contributed by atoms with Gasteiger partial charge in [0, 0.05) is 16.0 Å². The summed E-state index contributed by atoms with van der Waals surface area (Å²) in [5, 5.41) is 3.35. The summed E-state index contributed by atoms with van der Waals surface area (Å²) in [6, 6.07) is 3.29. The minimum absolute atomic E-state index is 0.502. The molecule has 1 heterocycles. The van der Waals surface area contributed by atoms with Crippen LogP contribution in [0.15, 0.2) is 17.5 Å². The molecule has 0 saturated carbocycles. The molecule has 5 heteroatoms. The Labute approximate surface area is 100 Å². The third-order valence-corrected chi connectivity index (χ3v) is 3.00. The van der Waals surface area contributed by atoms with Gasteiger partial charge in [-0.1, -0.05) is 34.8 Å². The summed E-state index contributed by atoms with van der Waals surface area (Å²) in [6.45, 7) is 0. The molecule has 2 aromatic rings. The first-order valence-corrected chi connectivity index (χ1v) is 5.66. The number of rotatable bonds is 1. The van der Waals surface area contributed by atoms with Gasteiger partial charge in [0.25, 0.3) is 0 Å². The fourth-order valence-electron chi connectivity index (χ4n) is 1.09. The Bertz CT molecular complexity index is 430. The largest absolute Gasteiger partial charge is 0.233 e. The zero-order chi connectivity index (χ0) is 10.1. The van der Waals surface area contributed by atoms with Crippen molar-refractivity contribution in [3.63, 3.8) is 0 Å². The molecule has 0 saturated heterocycles. The van der Waals surface area contributed by atoms with E-state index in [2.05, 4.69) is 10.5 Å². The van der Waals surface area contributed by atoms with Gasteiger partial charge in [-0.25, -0.2) is 4.98 Å². The molecule has 0 aliphatic heterocycles. The van der Waals surface area contributed by atoms with Gasteiger partial charge in [0.05, 0.1) is 15.7 Å². The Hall–Kier alpha value is -0.280. The summed E-state index contributed by atoms with van der Waals surface area (Å²) in [7, 11) is 0. The van der Waals surface area contributed by atoms with Crippen molar-refractivity contribution < 1.29 is 0 Å². The maximum absolute atomic E-state index is 6.01. The molecule has 0 spiro atoms. The van der Waals surface area contributed by atoms with Crippen molar-refractivity contribution in [1.29, 1.82) is 0 Å².